The third-order valence-corrected chi connectivity index (χ3v) is 4.29. The number of ether oxygens (including phenoxy) is 1. The van der Waals surface area contributed by atoms with Gasteiger partial charge in [-0.2, -0.15) is 0 Å². The van der Waals surface area contributed by atoms with E-state index < -0.39 is 15.8 Å². The standard InChI is InChI=1S/C14H13ClFNO3S/c15-11-4-3-5-12(10-11)21(18,19)17-8-9-20-14-7-2-1-6-13(14)16/h1-7,10,17H,8-9H2. The molecule has 0 aliphatic heterocycles. The predicted octanol–water partition coefficient (Wildman–Crippen LogP) is 2.84. The van der Waals surface area contributed by atoms with E-state index in [1.165, 1.54) is 24.3 Å². The summed E-state index contributed by atoms with van der Waals surface area (Å²) >= 11 is 5.75. The molecule has 0 amide bonds. The third-order valence-electron chi connectivity index (χ3n) is 2.59. The molecule has 0 spiro atoms. The van der Waals surface area contributed by atoms with Crippen LogP contribution < -0.4 is 9.46 Å². The van der Waals surface area contributed by atoms with Crippen LogP contribution in [-0.2, 0) is 10.0 Å². The van der Waals surface area contributed by atoms with E-state index in [-0.39, 0.29) is 23.8 Å². The predicted molar refractivity (Wildman–Crippen MR) is 78.5 cm³/mol. The molecule has 0 heterocycles. The maximum Gasteiger partial charge on any atom is 0.240 e. The summed E-state index contributed by atoms with van der Waals surface area (Å²) in [5.74, 6) is -0.408. The Hall–Kier alpha value is -1.63. The fraction of sp³-hybridized carbons (Fsp3) is 0.143. The highest BCUT2D eigenvalue weighted by molar-refractivity contribution is 7.89. The molecule has 7 heteroatoms. The van der Waals surface area contributed by atoms with Gasteiger partial charge in [-0.3, -0.25) is 0 Å². The largest absolute Gasteiger partial charge is 0.489 e. The first kappa shape index (κ1) is 15.8. The van der Waals surface area contributed by atoms with Crippen molar-refractivity contribution in [2.24, 2.45) is 0 Å². The van der Waals surface area contributed by atoms with Gasteiger partial charge >= 0.3 is 0 Å². The molecule has 0 atom stereocenters. The second-order valence-corrected chi connectivity index (χ2v) is 6.34. The maximum atomic E-state index is 13.3. The lowest BCUT2D eigenvalue weighted by molar-refractivity contribution is 0.306. The first-order valence-corrected chi connectivity index (χ1v) is 7.98. The highest BCUT2D eigenvalue weighted by atomic mass is 35.5. The van der Waals surface area contributed by atoms with E-state index in [4.69, 9.17) is 16.3 Å². The van der Waals surface area contributed by atoms with Crippen LogP contribution in [-0.4, -0.2) is 21.6 Å². The summed E-state index contributed by atoms with van der Waals surface area (Å²) in [6.07, 6.45) is 0. The molecular weight excluding hydrogens is 317 g/mol. The smallest absolute Gasteiger partial charge is 0.240 e. The minimum atomic E-state index is -3.66. The van der Waals surface area contributed by atoms with Crippen LogP contribution in [0.25, 0.3) is 0 Å². The highest BCUT2D eigenvalue weighted by Crippen LogP contribution is 2.16. The van der Waals surface area contributed by atoms with Gasteiger partial charge in [0.1, 0.15) is 6.61 Å². The Morgan fingerprint density at radius 3 is 2.62 bits per heavy atom. The van der Waals surface area contributed by atoms with Gasteiger partial charge in [-0.05, 0) is 30.3 Å². The van der Waals surface area contributed by atoms with Gasteiger partial charge in [0.2, 0.25) is 10.0 Å². The molecule has 0 radical (unpaired) electrons. The zero-order valence-corrected chi connectivity index (χ0v) is 12.5. The zero-order chi connectivity index (χ0) is 15.3. The molecule has 0 aliphatic rings. The molecule has 4 nitrogen and oxygen atoms in total. The molecular formula is C14H13ClFNO3S. The van der Waals surface area contributed by atoms with Crippen molar-refractivity contribution in [1.29, 1.82) is 0 Å². The van der Waals surface area contributed by atoms with E-state index in [2.05, 4.69) is 4.72 Å². The van der Waals surface area contributed by atoms with Gasteiger partial charge in [0, 0.05) is 11.6 Å². The lowest BCUT2D eigenvalue weighted by Crippen LogP contribution is -2.28. The minimum absolute atomic E-state index is 0.0146. The molecule has 0 bridgehead atoms. The van der Waals surface area contributed by atoms with Crippen LogP contribution in [0.5, 0.6) is 5.75 Å². The SMILES string of the molecule is O=S(=O)(NCCOc1ccccc1F)c1cccc(Cl)c1. The molecule has 2 aromatic rings. The monoisotopic (exact) mass is 329 g/mol. The number of hydrogen-bond donors (Lipinski definition) is 1. The number of halogens is 2. The number of hydrogen-bond acceptors (Lipinski definition) is 3. The van der Waals surface area contributed by atoms with Gasteiger partial charge in [-0.1, -0.05) is 29.8 Å². The lowest BCUT2D eigenvalue weighted by atomic mass is 10.3. The minimum Gasteiger partial charge on any atom is -0.489 e. The normalized spacial score (nSPS) is 11.3. The number of sulfonamides is 1. The van der Waals surface area contributed by atoms with Gasteiger partial charge in [0.15, 0.2) is 11.6 Å². The van der Waals surface area contributed by atoms with Crippen molar-refractivity contribution in [1.82, 2.24) is 4.72 Å². The topological polar surface area (TPSA) is 55.4 Å². The lowest BCUT2D eigenvalue weighted by Gasteiger charge is -2.09. The van der Waals surface area contributed by atoms with Crippen molar-refractivity contribution in [3.05, 3.63) is 59.4 Å². The second-order valence-electron chi connectivity index (χ2n) is 4.13. The molecule has 0 aliphatic carbocycles. The van der Waals surface area contributed by atoms with Crippen LogP contribution in [0.4, 0.5) is 4.39 Å². The van der Waals surface area contributed by atoms with Crippen LogP contribution in [0.3, 0.4) is 0 Å². The van der Waals surface area contributed by atoms with E-state index in [0.717, 1.165) is 0 Å². The average Bonchev–Trinajstić information content (AvgIpc) is 2.45. The molecule has 21 heavy (non-hydrogen) atoms. The van der Waals surface area contributed by atoms with Gasteiger partial charge < -0.3 is 4.74 Å². The summed E-state index contributed by atoms with van der Waals surface area (Å²) in [4.78, 5) is 0.0703. The van der Waals surface area contributed by atoms with Gasteiger partial charge in [-0.15, -0.1) is 0 Å². The van der Waals surface area contributed by atoms with Gasteiger partial charge in [0.25, 0.3) is 0 Å². The Bertz CT molecular complexity index is 722. The summed E-state index contributed by atoms with van der Waals surface area (Å²) in [6, 6.07) is 11.8. The Morgan fingerprint density at radius 2 is 1.90 bits per heavy atom. The van der Waals surface area contributed by atoms with E-state index in [9.17, 15) is 12.8 Å². The quantitative estimate of drug-likeness (QED) is 0.829. The summed E-state index contributed by atoms with van der Waals surface area (Å²) in [7, 11) is -3.66. The Kier molecular flexibility index (Phi) is 5.17. The highest BCUT2D eigenvalue weighted by Gasteiger charge is 2.13. The van der Waals surface area contributed by atoms with Crippen molar-refractivity contribution in [2.45, 2.75) is 4.90 Å². The number of para-hydroxylation sites is 1. The molecule has 0 unspecified atom stereocenters. The van der Waals surface area contributed by atoms with Crippen LogP contribution in [0, 0.1) is 5.82 Å². The molecule has 0 saturated heterocycles. The number of nitrogens with one attached hydrogen (secondary N) is 1. The van der Waals surface area contributed by atoms with Crippen molar-refractivity contribution in [3.63, 3.8) is 0 Å². The van der Waals surface area contributed by atoms with Crippen molar-refractivity contribution < 1.29 is 17.5 Å². The first-order valence-electron chi connectivity index (χ1n) is 6.11. The van der Waals surface area contributed by atoms with Gasteiger partial charge in [-0.25, -0.2) is 17.5 Å². The van der Waals surface area contributed by atoms with E-state index >= 15 is 0 Å². The molecule has 112 valence electrons. The molecule has 2 aromatic carbocycles. The van der Waals surface area contributed by atoms with Gasteiger partial charge in [0.05, 0.1) is 4.90 Å². The molecule has 0 fully saturated rings. The Labute approximate surface area is 127 Å². The summed E-state index contributed by atoms with van der Waals surface area (Å²) in [5.41, 5.74) is 0. The van der Waals surface area contributed by atoms with Crippen LogP contribution in [0.15, 0.2) is 53.4 Å². The summed E-state index contributed by atoms with van der Waals surface area (Å²) < 4.78 is 44.7. The van der Waals surface area contributed by atoms with Crippen molar-refractivity contribution in [2.75, 3.05) is 13.2 Å². The van der Waals surface area contributed by atoms with E-state index in [1.54, 1.807) is 24.3 Å². The van der Waals surface area contributed by atoms with Crippen LogP contribution in [0.1, 0.15) is 0 Å². The molecule has 0 aromatic heterocycles. The average molecular weight is 330 g/mol. The Morgan fingerprint density at radius 1 is 1.14 bits per heavy atom. The van der Waals surface area contributed by atoms with E-state index in [1.807, 2.05) is 0 Å². The maximum absolute atomic E-state index is 13.3. The third kappa shape index (κ3) is 4.42. The molecule has 0 saturated carbocycles. The zero-order valence-electron chi connectivity index (χ0n) is 10.9. The van der Waals surface area contributed by atoms with E-state index in [0.29, 0.717) is 5.02 Å². The summed E-state index contributed by atoms with van der Waals surface area (Å²) in [5, 5.41) is 0.334. The van der Waals surface area contributed by atoms with Crippen LogP contribution in [0.2, 0.25) is 5.02 Å². The summed E-state index contributed by atoms with van der Waals surface area (Å²) in [6.45, 7) is 0.0317. The second kappa shape index (κ2) is 6.89. The molecule has 1 N–H and O–H groups in total. The fourth-order valence-corrected chi connectivity index (χ4v) is 2.93. The van der Waals surface area contributed by atoms with Crippen molar-refractivity contribution in [3.8, 4) is 5.75 Å². The van der Waals surface area contributed by atoms with Crippen molar-refractivity contribution >= 4 is 21.6 Å². The number of benzene rings is 2. The Balaban J connectivity index is 1.90. The van der Waals surface area contributed by atoms with Crippen LogP contribution >= 0.6 is 11.6 Å². The molecule has 2 rings (SSSR count). The fourth-order valence-electron chi connectivity index (χ4n) is 1.62. The first-order chi connectivity index (χ1) is 9.99. The number of rotatable bonds is 6.